The maximum Gasteiger partial charge on any atom is 0.243 e. The van der Waals surface area contributed by atoms with Gasteiger partial charge in [-0.2, -0.15) is 0 Å². The Balaban J connectivity index is 1.85. The highest BCUT2D eigenvalue weighted by Gasteiger charge is 2.37. The van der Waals surface area contributed by atoms with Crippen molar-refractivity contribution >= 4 is 23.6 Å². The molecule has 1 fully saturated rings. The van der Waals surface area contributed by atoms with Crippen LogP contribution in [0, 0.1) is 0 Å². The van der Waals surface area contributed by atoms with Crippen molar-refractivity contribution in [3.8, 4) is 0 Å². The van der Waals surface area contributed by atoms with Crippen LogP contribution in [0.3, 0.4) is 0 Å². The van der Waals surface area contributed by atoms with Gasteiger partial charge >= 0.3 is 0 Å². The molecule has 7 heteroatoms. The lowest BCUT2D eigenvalue weighted by Gasteiger charge is -2.32. The smallest absolute Gasteiger partial charge is 0.243 e. The van der Waals surface area contributed by atoms with Gasteiger partial charge < -0.3 is 15.2 Å². The van der Waals surface area contributed by atoms with Crippen LogP contribution in [0.5, 0.6) is 0 Å². The zero-order valence-corrected chi connectivity index (χ0v) is 11.0. The lowest BCUT2D eigenvalue weighted by atomic mass is 10.1. The van der Waals surface area contributed by atoms with Crippen molar-refractivity contribution in [2.24, 2.45) is 0 Å². The van der Waals surface area contributed by atoms with E-state index in [4.69, 9.17) is 0 Å². The summed E-state index contributed by atoms with van der Waals surface area (Å²) in [5.74, 6) is 0.262. The van der Waals surface area contributed by atoms with Crippen LogP contribution in [0.1, 0.15) is 19.5 Å². The third-order valence-electron chi connectivity index (χ3n) is 2.71. The Bertz CT molecular complexity index is 444. The van der Waals surface area contributed by atoms with Gasteiger partial charge in [0.2, 0.25) is 11.8 Å². The minimum Gasteiger partial charge on any atom is -0.364 e. The predicted octanol–water partition coefficient (Wildman–Crippen LogP) is 0.301. The maximum atomic E-state index is 11.9. The third kappa shape index (κ3) is 2.84. The van der Waals surface area contributed by atoms with Crippen LogP contribution in [0.4, 0.5) is 0 Å². The molecule has 0 radical (unpaired) electrons. The summed E-state index contributed by atoms with van der Waals surface area (Å²) in [5.41, 5.74) is 0.651. The molecule has 1 aliphatic heterocycles. The van der Waals surface area contributed by atoms with Crippen molar-refractivity contribution in [2.45, 2.75) is 31.2 Å². The summed E-state index contributed by atoms with van der Waals surface area (Å²) in [6.45, 7) is 3.99. The first-order valence-corrected chi connectivity index (χ1v) is 6.59. The minimum absolute atomic E-state index is 0.111. The molecule has 18 heavy (non-hydrogen) atoms. The number of nitrogens with one attached hydrogen (secondary N) is 2. The van der Waals surface area contributed by atoms with E-state index >= 15 is 0 Å². The van der Waals surface area contributed by atoms with Gasteiger partial charge in [-0.3, -0.25) is 9.59 Å². The van der Waals surface area contributed by atoms with Gasteiger partial charge in [-0.15, -0.1) is 11.8 Å². The van der Waals surface area contributed by atoms with Gasteiger partial charge in [0.15, 0.2) is 0 Å². The molecule has 1 aromatic rings. The molecule has 0 aliphatic carbocycles. The molecule has 1 aliphatic rings. The van der Waals surface area contributed by atoms with Crippen LogP contribution in [0.2, 0.25) is 0 Å². The molecule has 0 saturated carbocycles. The van der Waals surface area contributed by atoms with Gasteiger partial charge in [-0.05, 0) is 13.8 Å². The summed E-state index contributed by atoms with van der Waals surface area (Å²) in [5, 5.41) is 9.12. The number of amides is 2. The minimum atomic E-state index is -0.484. The monoisotopic (exact) mass is 269 g/mol. The Morgan fingerprint density at radius 1 is 1.72 bits per heavy atom. The Hall–Kier alpha value is -1.50. The Morgan fingerprint density at radius 3 is 3.11 bits per heavy atom. The normalized spacial score (nSPS) is 22.3. The largest absolute Gasteiger partial charge is 0.364 e. The van der Waals surface area contributed by atoms with E-state index in [2.05, 4.69) is 20.3 Å². The van der Waals surface area contributed by atoms with Crippen LogP contribution >= 0.6 is 11.8 Å². The zero-order valence-electron chi connectivity index (χ0n) is 10.2. The molecule has 2 amide bonds. The molecular weight excluding hydrogens is 254 g/mol. The second kappa shape index (κ2) is 5.01. The molecule has 0 aromatic carbocycles. The third-order valence-corrected chi connectivity index (χ3v) is 4.12. The summed E-state index contributed by atoms with van der Waals surface area (Å²) in [6.07, 6.45) is 1.45. The number of rotatable bonds is 3. The van der Waals surface area contributed by atoms with Crippen molar-refractivity contribution < 1.29 is 14.1 Å². The fourth-order valence-corrected chi connectivity index (χ4v) is 2.51. The highest BCUT2D eigenvalue weighted by atomic mass is 32.2. The highest BCUT2D eigenvalue weighted by molar-refractivity contribution is 8.01. The van der Waals surface area contributed by atoms with Gasteiger partial charge in [0.05, 0.1) is 11.3 Å². The number of hydrogen-bond acceptors (Lipinski definition) is 5. The van der Waals surface area contributed by atoms with E-state index < -0.39 is 10.8 Å². The molecular formula is C11H15N3O3S. The van der Waals surface area contributed by atoms with Crippen LogP contribution in [0.25, 0.3) is 0 Å². The number of thioether (sulfide) groups is 1. The maximum absolute atomic E-state index is 11.9. The van der Waals surface area contributed by atoms with E-state index in [1.807, 2.05) is 13.8 Å². The lowest BCUT2D eigenvalue weighted by Crippen LogP contribution is -2.57. The molecule has 2 rings (SSSR count). The fourth-order valence-electron chi connectivity index (χ4n) is 1.50. The van der Waals surface area contributed by atoms with Crippen molar-refractivity contribution in [3.63, 3.8) is 0 Å². The summed E-state index contributed by atoms with van der Waals surface area (Å²) < 4.78 is 4.19. The molecule has 2 N–H and O–H groups in total. The van der Waals surface area contributed by atoms with Crippen molar-refractivity contribution in [1.29, 1.82) is 0 Å². The summed E-state index contributed by atoms with van der Waals surface area (Å²) in [4.78, 5) is 23.6. The molecule has 0 unspecified atom stereocenters. The van der Waals surface area contributed by atoms with Crippen molar-refractivity contribution in [2.75, 3.05) is 5.75 Å². The predicted molar refractivity (Wildman–Crippen MR) is 66.8 cm³/mol. The first-order chi connectivity index (χ1) is 8.49. The molecule has 1 saturated heterocycles. The quantitative estimate of drug-likeness (QED) is 0.824. The molecule has 2 heterocycles. The topological polar surface area (TPSA) is 84.2 Å². The van der Waals surface area contributed by atoms with Crippen LogP contribution < -0.4 is 10.6 Å². The van der Waals surface area contributed by atoms with E-state index in [1.54, 1.807) is 6.07 Å². The van der Waals surface area contributed by atoms with E-state index in [0.717, 1.165) is 0 Å². The van der Waals surface area contributed by atoms with Gasteiger partial charge in [0, 0.05) is 11.8 Å². The number of nitrogens with zero attached hydrogens (tertiary/aromatic N) is 1. The first-order valence-electron chi connectivity index (χ1n) is 5.61. The van der Waals surface area contributed by atoms with E-state index in [0.29, 0.717) is 18.0 Å². The number of carbonyl (C=O) groups excluding carboxylic acids is 2. The number of carbonyl (C=O) groups is 2. The lowest BCUT2D eigenvalue weighted by molar-refractivity contribution is -0.129. The Labute approximate surface area is 109 Å². The van der Waals surface area contributed by atoms with Gasteiger partial charge in [0.1, 0.15) is 18.0 Å². The zero-order chi connectivity index (χ0) is 13.2. The van der Waals surface area contributed by atoms with Gasteiger partial charge in [0.25, 0.3) is 0 Å². The number of hydrogen-bond donors (Lipinski definition) is 2. The molecule has 98 valence electrons. The average Bonchev–Trinajstić information content (AvgIpc) is 2.82. The molecule has 0 spiro atoms. The average molecular weight is 269 g/mol. The number of aromatic nitrogens is 1. The van der Waals surface area contributed by atoms with Gasteiger partial charge in [-0.25, -0.2) is 0 Å². The van der Waals surface area contributed by atoms with Crippen molar-refractivity contribution in [1.82, 2.24) is 15.8 Å². The van der Waals surface area contributed by atoms with E-state index in [9.17, 15) is 9.59 Å². The summed E-state index contributed by atoms with van der Waals surface area (Å²) in [6, 6.07) is 1.19. The van der Waals surface area contributed by atoms with E-state index in [1.165, 1.54) is 18.0 Å². The van der Waals surface area contributed by atoms with Crippen molar-refractivity contribution in [3.05, 3.63) is 18.0 Å². The van der Waals surface area contributed by atoms with Gasteiger partial charge in [-0.1, -0.05) is 5.16 Å². The van der Waals surface area contributed by atoms with E-state index in [-0.39, 0.29) is 11.8 Å². The van der Waals surface area contributed by atoms with Crippen LogP contribution in [0.15, 0.2) is 16.9 Å². The SMILES string of the molecule is CC1(C)SC[C@@H](C(=O)NCc2ccon2)NC1=O. The van der Waals surface area contributed by atoms with Crippen LogP contribution in [-0.2, 0) is 16.1 Å². The standard InChI is InChI=1S/C11H15N3O3S/c1-11(2)10(16)13-8(6-18-11)9(15)12-5-7-3-4-17-14-7/h3-4,8H,5-6H2,1-2H3,(H,12,15)(H,13,16)/t8-/m0/s1. The Kier molecular flexibility index (Phi) is 3.60. The molecule has 1 aromatic heterocycles. The second-order valence-corrected chi connectivity index (χ2v) is 6.20. The molecule has 0 bridgehead atoms. The fraction of sp³-hybridized carbons (Fsp3) is 0.545. The summed E-state index contributed by atoms with van der Waals surface area (Å²) >= 11 is 1.48. The molecule has 1 atom stereocenters. The summed E-state index contributed by atoms with van der Waals surface area (Å²) in [7, 11) is 0. The Morgan fingerprint density at radius 2 is 2.50 bits per heavy atom. The highest BCUT2D eigenvalue weighted by Crippen LogP contribution is 2.28. The first kappa shape index (κ1) is 12.9. The second-order valence-electron chi connectivity index (χ2n) is 4.56. The molecule has 6 nitrogen and oxygen atoms in total. The van der Waals surface area contributed by atoms with Crippen LogP contribution in [-0.4, -0.2) is 33.5 Å².